The molecule has 4 fully saturated rings. The topological polar surface area (TPSA) is 146 Å². The summed E-state index contributed by atoms with van der Waals surface area (Å²) >= 11 is 0. The highest BCUT2D eigenvalue weighted by Gasteiger charge is 2.68. The van der Waals surface area contributed by atoms with Gasteiger partial charge in [0.2, 0.25) is 11.6 Å². The van der Waals surface area contributed by atoms with Crippen LogP contribution in [-0.4, -0.2) is 57.9 Å². The van der Waals surface area contributed by atoms with Crippen molar-refractivity contribution in [2.75, 3.05) is 0 Å². The number of aliphatic hydroxyl groups is 2. The fraction of sp³-hybridized carbons (Fsp3) is 0.929. The molecular weight excluding hydrogens is 558 g/mol. The molecule has 0 aromatic carbocycles. The molecule has 0 amide bonds. The first-order chi connectivity index (χ1) is 19.2. The fourth-order valence-electron chi connectivity index (χ4n) is 6.53. The maximum absolute atomic E-state index is 14.8. The summed E-state index contributed by atoms with van der Waals surface area (Å²) in [5.74, 6) is -4.24. The molecule has 2 unspecified atom stereocenters. The van der Waals surface area contributed by atoms with E-state index in [1.54, 1.807) is 0 Å². The molecule has 4 saturated carbocycles. The first-order valence-electron chi connectivity index (χ1n) is 15.5. The normalized spacial score (nSPS) is 25.8. The lowest BCUT2D eigenvalue weighted by atomic mass is 9.98. The number of hydrogen-bond acceptors (Lipinski definition) is 10. The molecule has 4 aliphatic carbocycles. The number of carbonyl (C=O) groups is 2. The van der Waals surface area contributed by atoms with E-state index < -0.39 is 56.6 Å². The van der Waals surface area contributed by atoms with Crippen LogP contribution in [0.3, 0.4) is 0 Å². The Bertz CT molecular complexity index is 872. The van der Waals surface area contributed by atoms with Crippen LogP contribution in [0.5, 0.6) is 0 Å². The van der Waals surface area contributed by atoms with E-state index in [1.165, 1.54) is 0 Å². The largest absolute Gasteiger partial charge is 0.377 e. The summed E-state index contributed by atoms with van der Waals surface area (Å²) in [6.07, 6.45) is 12.3. The van der Waals surface area contributed by atoms with E-state index in [4.69, 9.17) is 18.1 Å². The van der Waals surface area contributed by atoms with Crippen molar-refractivity contribution in [3.63, 3.8) is 0 Å². The molecule has 0 aromatic rings. The lowest BCUT2D eigenvalue weighted by molar-refractivity contribution is -0.144. The second-order valence-corrected chi connectivity index (χ2v) is 16.2. The maximum Gasteiger partial charge on any atom is 0.374 e. The van der Waals surface area contributed by atoms with Crippen molar-refractivity contribution in [1.29, 1.82) is 0 Å². The second kappa shape index (κ2) is 14.8. The van der Waals surface area contributed by atoms with Crippen LogP contribution in [-0.2, 0) is 36.8 Å². The Morgan fingerprint density at radius 1 is 0.625 bits per heavy atom. The molecule has 0 aliphatic heterocycles. The molecule has 0 heterocycles. The number of aliphatic hydroxyl groups excluding tert-OH is 1. The Morgan fingerprint density at radius 3 is 1.23 bits per heavy atom. The summed E-state index contributed by atoms with van der Waals surface area (Å²) in [4.78, 5) is 25.3. The van der Waals surface area contributed by atoms with Crippen molar-refractivity contribution in [2.45, 2.75) is 164 Å². The second-order valence-electron chi connectivity index (χ2n) is 12.1. The maximum atomic E-state index is 14.8. The average molecular weight is 607 g/mol. The minimum Gasteiger partial charge on any atom is -0.377 e. The van der Waals surface area contributed by atoms with Crippen molar-refractivity contribution >= 4 is 27.3 Å². The third kappa shape index (κ3) is 7.74. The monoisotopic (exact) mass is 606 g/mol. The van der Waals surface area contributed by atoms with Gasteiger partial charge in [0.15, 0.2) is 6.29 Å². The first-order valence-corrected chi connectivity index (χ1v) is 18.7. The SMILES string of the molecule is O=CC(=O)C(O)(C(O)P(=O)(OC1CCCCC1)OC1CCCCC1)P(=O)(OC1CCCCC1)OC1CCCCC1. The molecule has 230 valence electrons. The summed E-state index contributed by atoms with van der Waals surface area (Å²) in [6, 6.07) is 0. The van der Waals surface area contributed by atoms with Crippen LogP contribution in [0.4, 0.5) is 0 Å². The molecule has 2 atom stereocenters. The first kappa shape index (κ1) is 32.5. The molecule has 0 aromatic heterocycles. The van der Waals surface area contributed by atoms with Gasteiger partial charge in [0.05, 0.1) is 24.4 Å². The summed E-state index contributed by atoms with van der Waals surface area (Å²) < 4.78 is 53.3. The number of rotatable bonds is 13. The number of hydrogen-bond donors (Lipinski definition) is 2. The smallest absolute Gasteiger partial charge is 0.374 e. The summed E-state index contributed by atoms with van der Waals surface area (Å²) in [6.45, 7) is 0. The van der Waals surface area contributed by atoms with Gasteiger partial charge < -0.3 is 28.3 Å². The van der Waals surface area contributed by atoms with Crippen molar-refractivity contribution in [3.05, 3.63) is 0 Å². The molecule has 4 rings (SSSR count). The van der Waals surface area contributed by atoms with Crippen molar-refractivity contribution < 1.29 is 47.0 Å². The molecule has 2 N–H and O–H groups in total. The Hall–Kier alpha value is -0.440. The van der Waals surface area contributed by atoms with Crippen LogP contribution in [0.25, 0.3) is 0 Å². The van der Waals surface area contributed by atoms with E-state index in [9.17, 15) is 28.9 Å². The van der Waals surface area contributed by atoms with Gasteiger partial charge in [-0.05, 0) is 51.4 Å². The van der Waals surface area contributed by atoms with E-state index >= 15 is 0 Å². The van der Waals surface area contributed by atoms with Gasteiger partial charge >= 0.3 is 15.2 Å². The Balaban J connectivity index is 1.73. The quantitative estimate of drug-likeness (QED) is 0.135. The van der Waals surface area contributed by atoms with Gasteiger partial charge in [0.1, 0.15) is 0 Å². The highest BCUT2D eigenvalue weighted by molar-refractivity contribution is 7.60. The molecule has 10 nitrogen and oxygen atoms in total. The molecule has 0 bridgehead atoms. The summed E-state index contributed by atoms with van der Waals surface area (Å²) in [5.41, 5.74) is 0. The Morgan fingerprint density at radius 2 is 0.925 bits per heavy atom. The lowest BCUT2D eigenvalue weighted by Crippen LogP contribution is -2.52. The summed E-state index contributed by atoms with van der Waals surface area (Å²) in [5, 5.41) is 20.4. The van der Waals surface area contributed by atoms with Gasteiger partial charge in [0.25, 0.3) is 5.34 Å². The van der Waals surface area contributed by atoms with Gasteiger partial charge in [-0.2, -0.15) is 0 Å². The Labute approximate surface area is 238 Å². The van der Waals surface area contributed by atoms with Crippen molar-refractivity contribution in [2.24, 2.45) is 0 Å². The van der Waals surface area contributed by atoms with Crippen molar-refractivity contribution in [3.8, 4) is 0 Å². The number of aldehydes is 1. The van der Waals surface area contributed by atoms with Crippen LogP contribution in [0.2, 0.25) is 0 Å². The molecule has 40 heavy (non-hydrogen) atoms. The van der Waals surface area contributed by atoms with Gasteiger partial charge in [-0.1, -0.05) is 77.0 Å². The van der Waals surface area contributed by atoms with Gasteiger partial charge in [-0.3, -0.25) is 18.7 Å². The molecular formula is C28H48O10P2. The lowest BCUT2D eigenvalue weighted by Gasteiger charge is -2.42. The predicted octanol–water partition coefficient (Wildman–Crippen LogP) is 6.54. The van der Waals surface area contributed by atoms with Crippen LogP contribution in [0.1, 0.15) is 128 Å². The number of ketones is 1. The minimum atomic E-state index is -5.02. The number of Topliss-reactive ketones (excluding diaryl/α,β-unsaturated/α-hetero) is 1. The zero-order valence-corrected chi connectivity index (χ0v) is 25.4. The third-order valence-corrected chi connectivity index (χ3v) is 13.7. The zero-order valence-electron chi connectivity index (χ0n) is 23.7. The minimum absolute atomic E-state index is 0.212. The van der Waals surface area contributed by atoms with Crippen LogP contribution >= 0.6 is 15.2 Å². The van der Waals surface area contributed by atoms with Gasteiger partial charge in [-0.25, -0.2) is 0 Å². The molecule has 12 heteroatoms. The van der Waals surface area contributed by atoms with E-state index in [0.29, 0.717) is 51.4 Å². The number of carbonyl (C=O) groups excluding carboxylic acids is 2. The van der Waals surface area contributed by atoms with Gasteiger partial charge in [-0.15, -0.1) is 0 Å². The van der Waals surface area contributed by atoms with Crippen LogP contribution < -0.4 is 0 Å². The highest BCUT2D eigenvalue weighted by Crippen LogP contribution is 2.71. The van der Waals surface area contributed by atoms with E-state index in [2.05, 4.69) is 0 Å². The Kier molecular flexibility index (Phi) is 12.0. The highest BCUT2D eigenvalue weighted by atomic mass is 31.2. The fourth-order valence-corrected chi connectivity index (χ4v) is 11.7. The van der Waals surface area contributed by atoms with E-state index in [-0.39, 0.29) is 6.29 Å². The zero-order chi connectivity index (χ0) is 28.6. The molecule has 4 aliphatic rings. The van der Waals surface area contributed by atoms with Gasteiger partial charge in [0, 0.05) is 0 Å². The van der Waals surface area contributed by atoms with E-state index in [0.717, 1.165) is 77.0 Å². The molecule has 0 saturated heterocycles. The van der Waals surface area contributed by atoms with Crippen LogP contribution in [0, 0.1) is 0 Å². The third-order valence-electron chi connectivity index (χ3n) is 8.92. The predicted molar refractivity (Wildman–Crippen MR) is 149 cm³/mol. The van der Waals surface area contributed by atoms with Crippen molar-refractivity contribution in [1.82, 2.24) is 0 Å². The standard InChI is InChI=1S/C28H48O10P2/c29-21-26(30)28(32,40(34,37-24-17-9-3-10-18-24)38-25-19-11-4-12-20-25)27(31)39(33,35-22-13-5-1-6-14-22)36-23-15-7-2-8-16-23/h21-25,27,31-32H,1-20H2. The summed E-state index contributed by atoms with van der Waals surface area (Å²) in [7, 11) is -9.76. The van der Waals surface area contributed by atoms with Crippen LogP contribution in [0.15, 0.2) is 0 Å². The van der Waals surface area contributed by atoms with E-state index in [1.807, 2.05) is 0 Å². The average Bonchev–Trinajstić information content (AvgIpc) is 2.97. The molecule has 0 radical (unpaired) electrons. The molecule has 0 spiro atoms.